The third-order valence-corrected chi connectivity index (χ3v) is 1.80. The zero-order valence-corrected chi connectivity index (χ0v) is 4.62. The summed E-state index contributed by atoms with van der Waals surface area (Å²) in [5.74, 6) is 1.80. The van der Waals surface area contributed by atoms with Crippen molar-refractivity contribution in [2.45, 2.75) is 6.04 Å². The Labute approximate surface area is 46.7 Å². The summed E-state index contributed by atoms with van der Waals surface area (Å²) in [5, 5.41) is 2.95. The van der Waals surface area contributed by atoms with Gasteiger partial charge in [0.15, 0.2) is 0 Å². The first-order valence-corrected chi connectivity index (χ1v) is 3.28. The van der Waals surface area contributed by atoms with Crippen molar-refractivity contribution in [1.82, 2.24) is 5.32 Å². The first-order chi connectivity index (χ1) is 3.43. The molecule has 0 amide bonds. The Balaban J connectivity index is 2.26. The second-order valence-electron chi connectivity index (χ2n) is 1.39. The van der Waals surface area contributed by atoms with E-state index in [9.17, 15) is 4.79 Å². The number of hydrogen-bond acceptors (Lipinski definition) is 3. The lowest BCUT2D eigenvalue weighted by atomic mass is 10.4. The summed E-state index contributed by atoms with van der Waals surface area (Å²) in [6.07, 6.45) is 1.88. The van der Waals surface area contributed by atoms with Gasteiger partial charge in [0, 0.05) is 11.6 Å². The van der Waals surface area contributed by atoms with Crippen LogP contribution < -0.4 is 5.32 Å². The van der Waals surface area contributed by atoms with E-state index in [1.54, 1.807) is 11.8 Å². The molecule has 1 saturated heterocycles. The first kappa shape index (κ1) is 5.12. The highest BCUT2D eigenvalue weighted by Crippen LogP contribution is 2.06. The van der Waals surface area contributed by atoms with Crippen molar-refractivity contribution in [2.24, 2.45) is 0 Å². The van der Waals surface area contributed by atoms with E-state index in [-0.39, 0.29) is 6.04 Å². The molecule has 3 heteroatoms. The zero-order chi connectivity index (χ0) is 5.11. The van der Waals surface area contributed by atoms with Crippen LogP contribution in [0.4, 0.5) is 0 Å². The van der Waals surface area contributed by atoms with Crippen LogP contribution in [-0.4, -0.2) is 24.0 Å². The Morgan fingerprint density at radius 3 is 3.00 bits per heavy atom. The smallest absolute Gasteiger partial charge is 0.217 e. The van der Waals surface area contributed by atoms with Crippen molar-refractivity contribution in [1.29, 1.82) is 0 Å². The molecule has 0 aromatic rings. The fraction of sp³-hybridized carbons (Fsp3) is 0.750. The van der Waals surface area contributed by atoms with Gasteiger partial charge in [0.25, 0.3) is 0 Å². The molecule has 7 heavy (non-hydrogen) atoms. The molecule has 39 valence electrons. The summed E-state index contributed by atoms with van der Waals surface area (Å²) in [6, 6.07) is 0.00463. The summed E-state index contributed by atoms with van der Waals surface area (Å²) in [4.78, 5) is 9.81. The average Bonchev–Trinajstić information content (AvgIpc) is 2.14. The predicted octanol–water partition coefficient (Wildman–Crippen LogP) is -0.241. The van der Waals surface area contributed by atoms with Crippen LogP contribution in [0.3, 0.4) is 0 Å². The molecule has 1 N–H and O–H groups in total. The standard InChI is InChI=1S/C4H6NOS/c6-1-4-2-7-3-5-4/h4-5H,2-3H2. The number of hydrogen-bond donors (Lipinski definition) is 1. The predicted molar refractivity (Wildman–Crippen MR) is 29.9 cm³/mol. The fourth-order valence-corrected chi connectivity index (χ4v) is 1.33. The van der Waals surface area contributed by atoms with Crippen molar-refractivity contribution in [2.75, 3.05) is 11.6 Å². The summed E-state index contributed by atoms with van der Waals surface area (Å²) in [6.45, 7) is 0. The second-order valence-corrected chi connectivity index (χ2v) is 2.42. The first-order valence-electron chi connectivity index (χ1n) is 2.12. The molecule has 1 atom stereocenters. The van der Waals surface area contributed by atoms with E-state index in [4.69, 9.17) is 0 Å². The minimum absolute atomic E-state index is 0.00463. The third-order valence-electron chi connectivity index (χ3n) is 0.859. The third kappa shape index (κ3) is 1.17. The number of carbonyl (C=O) groups excluding carboxylic acids is 1. The van der Waals surface area contributed by atoms with Gasteiger partial charge in [0.05, 0.1) is 6.04 Å². The molecule has 1 radical (unpaired) electrons. The fourth-order valence-electron chi connectivity index (χ4n) is 0.471. The van der Waals surface area contributed by atoms with Gasteiger partial charge in [-0.3, -0.25) is 10.1 Å². The lowest BCUT2D eigenvalue weighted by Crippen LogP contribution is -2.24. The van der Waals surface area contributed by atoms with Crippen LogP contribution >= 0.6 is 11.8 Å². The van der Waals surface area contributed by atoms with Crippen LogP contribution in [0, 0.1) is 0 Å². The van der Waals surface area contributed by atoms with Gasteiger partial charge in [-0.2, -0.15) is 0 Å². The van der Waals surface area contributed by atoms with Gasteiger partial charge in [-0.1, -0.05) is 0 Å². The van der Waals surface area contributed by atoms with E-state index < -0.39 is 0 Å². The Kier molecular flexibility index (Phi) is 1.70. The lowest BCUT2D eigenvalue weighted by molar-refractivity contribution is 0.538. The Hall–Kier alpha value is -0.0200. The largest absolute Gasteiger partial charge is 0.297 e. The van der Waals surface area contributed by atoms with Crippen LogP contribution in [0.25, 0.3) is 0 Å². The minimum atomic E-state index is 0.00463. The second kappa shape index (κ2) is 2.33. The molecule has 0 aliphatic carbocycles. The highest BCUT2D eigenvalue weighted by molar-refractivity contribution is 7.99. The molecular formula is C4H6NOS. The Morgan fingerprint density at radius 1 is 1.86 bits per heavy atom. The summed E-state index contributed by atoms with van der Waals surface area (Å²) in [5.41, 5.74) is 0. The van der Waals surface area contributed by atoms with Crippen molar-refractivity contribution in [3.05, 3.63) is 0 Å². The number of thioether (sulfide) groups is 1. The molecule has 0 saturated carbocycles. The quantitative estimate of drug-likeness (QED) is 0.512. The maximum atomic E-state index is 9.81. The molecule has 1 fully saturated rings. The van der Waals surface area contributed by atoms with Gasteiger partial charge in [-0.05, 0) is 0 Å². The maximum Gasteiger partial charge on any atom is 0.217 e. The van der Waals surface area contributed by atoms with E-state index in [0.29, 0.717) is 0 Å². The number of rotatable bonds is 1. The average molecular weight is 116 g/mol. The summed E-state index contributed by atoms with van der Waals surface area (Å²) in [7, 11) is 0. The minimum Gasteiger partial charge on any atom is -0.297 e. The van der Waals surface area contributed by atoms with Gasteiger partial charge >= 0.3 is 0 Å². The van der Waals surface area contributed by atoms with Crippen molar-refractivity contribution in [3.63, 3.8) is 0 Å². The number of nitrogens with one attached hydrogen (secondary N) is 1. The van der Waals surface area contributed by atoms with Crippen LogP contribution in [0.1, 0.15) is 0 Å². The monoisotopic (exact) mass is 116 g/mol. The van der Waals surface area contributed by atoms with Crippen molar-refractivity contribution >= 4 is 18.0 Å². The van der Waals surface area contributed by atoms with E-state index in [2.05, 4.69) is 5.32 Å². The van der Waals surface area contributed by atoms with Crippen LogP contribution in [0.15, 0.2) is 0 Å². The zero-order valence-electron chi connectivity index (χ0n) is 3.81. The molecule has 1 aliphatic heterocycles. The molecule has 1 unspecified atom stereocenters. The molecule has 1 rings (SSSR count). The van der Waals surface area contributed by atoms with E-state index in [1.807, 2.05) is 6.29 Å². The summed E-state index contributed by atoms with van der Waals surface area (Å²) >= 11 is 1.73. The maximum absolute atomic E-state index is 9.81. The molecule has 0 aromatic heterocycles. The van der Waals surface area contributed by atoms with Crippen LogP contribution in [0.2, 0.25) is 0 Å². The van der Waals surface area contributed by atoms with Gasteiger partial charge < -0.3 is 0 Å². The SMILES string of the molecule is O=[C]C1CSCN1. The van der Waals surface area contributed by atoms with E-state index in [0.717, 1.165) is 11.6 Å². The molecule has 0 aromatic carbocycles. The molecular weight excluding hydrogens is 110 g/mol. The highest BCUT2D eigenvalue weighted by atomic mass is 32.2. The van der Waals surface area contributed by atoms with Gasteiger partial charge in [-0.25, -0.2) is 0 Å². The normalized spacial score (nSPS) is 30.6. The van der Waals surface area contributed by atoms with Crippen molar-refractivity contribution < 1.29 is 4.79 Å². The van der Waals surface area contributed by atoms with Crippen LogP contribution in [-0.2, 0) is 4.79 Å². The van der Waals surface area contributed by atoms with Gasteiger partial charge in [-0.15, -0.1) is 11.8 Å². The van der Waals surface area contributed by atoms with E-state index >= 15 is 0 Å². The topological polar surface area (TPSA) is 29.1 Å². The van der Waals surface area contributed by atoms with Gasteiger partial charge in [0.1, 0.15) is 0 Å². The summed E-state index contributed by atoms with van der Waals surface area (Å²) < 4.78 is 0. The highest BCUT2D eigenvalue weighted by Gasteiger charge is 2.12. The van der Waals surface area contributed by atoms with Crippen molar-refractivity contribution in [3.8, 4) is 0 Å². The molecule has 2 nitrogen and oxygen atoms in total. The Bertz CT molecular complexity index is 70.1. The molecule has 1 aliphatic rings. The Morgan fingerprint density at radius 2 is 2.71 bits per heavy atom. The van der Waals surface area contributed by atoms with E-state index in [1.165, 1.54) is 0 Å². The van der Waals surface area contributed by atoms with Crippen LogP contribution in [0.5, 0.6) is 0 Å². The lowest BCUT2D eigenvalue weighted by Gasteiger charge is -1.90. The molecule has 0 bridgehead atoms. The van der Waals surface area contributed by atoms with Gasteiger partial charge in [0.2, 0.25) is 6.29 Å². The molecule has 1 heterocycles. The molecule has 0 spiro atoms.